The van der Waals surface area contributed by atoms with Crippen LogP contribution in [0.4, 0.5) is 0 Å². The van der Waals surface area contributed by atoms with Crippen LogP contribution in [0.1, 0.15) is 0 Å². The minimum absolute atomic E-state index is 0.745. The van der Waals surface area contributed by atoms with Gasteiger partial charge < -0.3 is 18.3 Å². The molecule has 0 aliphatic rings. The quantitative estimate of drug-likeness (QED) is 0.172. The van der Waals surface area contributed by atoms with Gasteiger partial charge in [0, 0.05) is 29.6 Å². The molecule has 0 spiro atoms. The van der Waals surface area contributed by atoms with Gasteiger partial charge in [0.1, 0.15) is 22.8 Å². The molecule has 0 saturated carbocycles. The molecule has 0 bridgehead atoms. The third-order valence-corrected chi connectivity index (χ3v) is 13.9. The molecule has 6 rings (SSSR count). The largest absolute Gasteiger partial charge is 0.496 e. The molecule has 0 saturated heterocycles. The Morgan fingerprint density at radius 3 is 2.02 bits per heavy atom. The number of ether oxygens (including phenoxy) is 2. The highest BCUT2D eigenvalue weighted by atomic mass is 32.1. The van der Waals surface area contributed by atoms with E-state index in [2.05, 4.69) is 78.9 Å². The highest BCUT2D eigenvalue weighted by Crippen LogP contribution is 2.67. The summed E-state index contributed by atoms with van der Waals surface area (Å²) in [4.78, 5) is 0. The van der Waals surface area contributed by atoms with Gasteiger partial charge in [0.05, 0.1) is 26.7 Å². The van der Waals surface area contributed by atoms with Crippen molar-refractivity contribution < 1.29 is 18.3 Å². The first-order valence-corrected chi connectivity index (χ1v) is 16.2. The van der Waals surface area contributed by atoms with E-state index in [0.29, 0.717) is 0 Å². The van der Waals surface area contributed by atoms with Crippen LogP contribution >= 0.6 is 15.2 Å². The van der Waals surface area contributed by atoms with Crippen LogP contribution in [0.5, 0.6) is 11.5 Å². The summed E-state index contributed by atoms with van der Waals surface area (Å²) in [6, 6.07) is 42.9. The molecular weight excluding hydrogens is 534 g/mol. The molecule has 0 amide bonds. The minimum Gasteiger partial charge on any atom is -0.496 e. The van der Waals surface area contributed by atoms with Crippen LogP contribution in [0.2, 0.25) is 0 Å². The zero-order chi connectivity index (χ0) is 27.3. The number of furan rings is 2. The van der Waals surface area contributed by atoms with Crippen molar-refractivity contribution in [3.63, 3.8) is 0 Å². The summed E-state index contributed by atoms with van der Waals surface area (Å²) in [5.41, 5.74) is 3.84. The third-order valence-electron chi connectivity index (χ3n) is 6.57. The highest BCUT2D eigenvalue weighted by Gasteiger charge is 2.33. The van der Waals surface area contributed by atoms with Crippen LogP contribution in [-0.4, -0.2) is 14.2 Å². The van der Waals surface area contributed by atoms with E-state index >= 15 is 0 Å². The molecule has 0 N–H and O–H groups in total. The van der Waals surface area contributed by atoms with Gasteiger partial charge >= 0.3 is 0 Å². The predicted octanol–water partition coefficient (Wildman–Crippen LogP) is 7.50. The average Bonchev–Trinajstić information content (AvgIpc) is 3.76. The molecule has 197 valence electrons. The van der Waals surface area contributed by atoms with Crippen LogP contribution < -0.4 is 30.9 Å². The number of benzene rings is 4. The number of rotatable bonds is 9. The normalized spacial score (nSPS) is 12.6. The van der Waals surface area contributed by atoms with Gasteiger partial charge in [-0.25, -0.2) is 0 Å². The van der Waals surface area contributed by atoms with Crippen molar-refractivity contribution in [1.82, 2.24) is 0 Å². The van der Waals surface area contributed by atoms with Crippen molar-refractivity contribution >= 4 is 36.6 Å². The van der Waals surface area contributed by atoms with Crippen LogP contribution in [0, 0.1) is 6.07 Å². The fraction of sp³-hybridized carbons (Fsp3) is 0.0588. The molecule has 2 atom stereocenters. The molecular formula is C34H27O4P2. The van der Waals surface area contributed by atoms with Gasteiger partial charge in [-0.15, -0.1) is 0 Å². The molecule has 6 heteroatoms. The first-order valence-electron chi connectivity index (χ1n) is 12.8. The summed E-state index contributed by atoms with van der Waals surface area (Å²) in [5, 5.41) is 3.66. The van der Waals surface area contributed by atoms with E-state index in [1.807, 2.05) is 42.5 Å². The Morgan fingerprint density at radius 1 is 0.600 bits per heavy atom. The van der Waals surface area contributed by atoms with E-state index in [4.69, 9.17) is 18.3 Å². The Kier molecular flexibility index (Phi) is 7.82. The predicted molar refractivity (Wildman–Crippen MR) is 165 cm³/mol. The lowest BCUT2D eigenvalue weighted by Gasteiger charge is -2.30. The molecule has 1 radical (unpaired) electrons. The second kappa shape index (κ2) is 12.0. The maximum atomic E-state index is 6.23. The fourth-order valence-corrected chi connectivity index (χ4v) is 12.4. The summed E-state index contributed by atoms with van der Waals surface area (Å²) < 4.78 is 23.6. The molecule has 0 fully saturated rings. The van der Waals surface area contributed by atoms with Crippen LogP contribution in [-0.2, 0) is 0 Å². The van der Waals surface area contributed by atoms with Gasteiger partial charge in [-0.1, -0.05) is 78.9 Å². The van der Waals surface area contributed by atoms with Gasteiger partial charge in [-0.3, -0.25) is 0 Å². The summed E-state index contributed by atoms with van der Waals surface area (Å²) in [6.45, 7) is 0. The molecule has 0 aliphatic carbocycles. The lowest BCUT2D eigenvalue weighted by molar-refractivity contribution is 0.410. The number of methoxy groups -OCH3 is 2. The molecule has 4 nitrogen and oxygen atoms in total. The maximum absolute atomic E-state index is 6.23. The molecule has 2 heterocycles. The SMILES string of the molecule is COc1ccc[c]c1-c1c(OC)cccc1[P@@](c1ccco1)P(c1ccccc1)c1ccc(-c2ccco2)cc1. The minimum atomic E-state index is -1.05. The van der Waals surface area contributed by atoms with Crippen molar-refractivity contribution in [2.45, 2.75) is 0 Å². The first-order chi connectivity index (χ1) is 19.8. The lowest BCUT2D eigenvalue weighted by atomic mass is 10.0. The Morgan fingerprint density at radius 2 is 1.32 bits per heavy atom. The topological polar surface area (TPSA) is 44.7 Å². The van der Waals surface area contributed by atoms with Crippen LogP contribution in [0.15, 0.2) is 137 Å². The molecule has 2 aromatic heterocycles. The molecule has 0 aliphatic heterocycles. The smallest absolute Gasteiger partial charge is 0.134 e. The monoisotopic (exact) mass is 561 g/mol. The van der Waals surface area contributed by atoms with Gasteiger partial charge in [-0.2, -0.15) is 0 Å². The second-order valence-electron chi connectivity index (χ2n) is 8.90. The van der Waals surface area contributed by atoms with E-state index in [9.17, 15) is 0 Å². The Hall–Kier alpha value is -4.10. The Labute approximate surface area is 236 Å². The third kappa shape index (κ3) is 5.09. The first kappa shape index (κ1) is 26.1. The van der Waals surface area contributed by atoms with Crippen molar-refractivity contribution in [3.8, 4) is 33.9 Å². The number of hydrogen-bond donors (Lipinski definition) is 0. The molecule has 6 aromatic rings. The number of hydrogen-bond acceptors (Lipinski definition) is 4. The van der Waals surface area contributed by atoms with E-state index < -0.39 is 15.2 Å². The van der Waals surface area contributed by atoms with Crippen LogP contribution in [0.3, 0.4) is 0 Å². The van der Waals surface area contributed by atoms with E-state index in [1.165, 1.54) is 10.6 Å². The Balaban J connectivity index is 1.60. The standard InChI is InChI=1S/C34H27O4P2/c1-35-30-14-7-6-13-28(30)34-31(36-2)15-8-17-32(34)40(33-18-10-24-38-33)39(26-11-4-3-5-12-26)27-21-19-25(20-22-27)29-16-9-23-37-29/h3-12,14-24H,1-2H3/t39?,40-/m0/s1. The zero-order valence-corrected chi connectivity index (χ0v) is 23.9. The molecule has 1 unspecified atom stereocenters. The maximum Gasteiger partial charge on any atom is 0.134 e. The van der Waals surface area contributed by atoms with Gasteiger partial charge in [0.2, 0.25) is 0 Å². The zero-order valence-electron chi connectivity index (χ0n) is 22.2. The van der Waals surface area contributed by atoms with Crippen molar-refractivity contribution in [2.75, 3.05) is 14.2 Å². The van der Waals surface area contributed by atoms with E-state index in [0.717, 1.165) is 44.8 Å². The van der Waals surface area contributed by atoms with Crippen molar-refractivity contribution in [2.24, 2.45) is 0 Å². The van der Waals surface area contributed by atoms with E-state index in [-0.39, 0.29) is 0 Å². The summed E-state index contributed by atoms with van der Waals surface area (Å²) >= 11 is 0. The molecule has 4 aromatic carbocycles. The highest BCUT2D eigenvalue weighted by molar-refractivity contribution is 8.41. The van der Waals surface area contributed by atoms with Crippen LogP contribution in [0.25, 0.3) is 22.5 Å². The summed E-state index contributed by atoms with van der Waals surface area (Å²) in [5.74, 6) is 2.37. The molecule has 40 heavy (non-hydrogen) atoms. The second-order valence-corrected chi connectivity index (χ2v) is 14.5. The van der Waals surface area contributed by atoms with Gasteiger partial charge in [0.25, 0.3) is 0 Å². The summed E-state index contributed by atoms with van der Waals surface area (Å²) in [6.07, 6.45) is 3.47. The van der Waals surface area contributed by atoms with Gasteiger partial charge in [-0.05, 0) is 60.7 Å². The Bertz CT molecular complexity index is 1660. The van der Waals surface area contributed by atoms with Crippen molar-refractivity contribution in [1.29, 1.82) is 0 Å². The van der Waals surface area contributed by atoms with E-state index in [1.54, 1.807) is 26.7 Å². The fourth-order valence-electron chi connectivity index (χ4n) is 4.78. The van der Waals surface area contributed by atoms with Gasteiger partial charge in [0.15, 0.2) is 0 Å². The summed E-state index contributed by atoms with van der Waals surface area (Å²) in [7, 11) is 1.43. The van der Waals surface area contributed by atoms with Crippen molar-refractivity contribution in [3.05, 3.63) is 134 Å². The average molecular weight is 562 g/mol. The lowest BCUT2D eigenvalue weighted by Crippen LogP contribution is -2.21.